The van der Waals surface area contributed by atoms with Gasteiger partial charge >= 0.3 is 0 Å². The molecular formula is C10H8BrN3O2. The molecule has 5 nitrogen and oxygen atoms in total. The lowest BCUT2D eigenvalue weighted by molar-refractivity contribution is -0.120. The van der Waals surface area contributed by atoms with Gasteiger partial charge in [0.1, 0.15) is 0 Å². The fourth-order valence-corrected chi connectivity index (χ4v) is 1.57. The van der Waals surface area contributed by atoms with Crippen LogP contribution in [-0.4, -0.2) is 21.5 Å². The van der Waals surface area contributed by atoms with Gasteiger partial charge in [-0.3, -0.25) is 4.79 Å². The second kappa shape index (κ2) is 4.44. The lowest BCUT2D eigenvalue weighted by atomic mass is 10.2. The second-order valence-electron chi connectivity index (χ2n) is 3.06. The van der Waals surface area contributed by atoms with Gasteiger partial charge < -0.3 is 4.74 Å². The average Bonchev–Trinajstić information content (AvgIpc) is 2.61. The van der Waals surface area contributed by atoms with E-state index in [9.17, 15) is 4.79 Å². The first-order chi connectivity index (χ1) is 7.70. The molecule has 0 atom stereocenters. The molecule has 0 aliphatic rings. The Morgan fingerprint density at radius 3 is 2.62 bits per heavy atom. The van der Waals surface area contributed by atoms with Crippen molar-refractivity contribution in [3.63, 3.8) is 0 Å². The van der Waals surface area contributed by atoms with Gasteiger partial charge in [-0.2, -0.15) is 4.80 Å². The fourth-order valence-electron chi connectivity index (χ4n) is 1.30. The molecule has 2 aromatic rings. The number of benzene rings is 1. The van der Waals surface area contributed by atoms with Gasteiger partial charge in [0.2, 0.25) is 0 Å². The smallest absolute Gasteiger partial charge is 0.299 e. The Balaban J connectivity index is 2.45. The molecule has 0 aliphatic heterocycles. The molecule has 0 fully saturated rings. The number of hydrogen-bond donors (Lipinski definition) is 0. The summed E-state index contributed by atoms with van der Waals surface area (Å²) in [6, 6.07) is 7.50. The molecule has 2 rings (SSSR count). The van der Waals surface area contributed by atoms with Gasteiger partial charge in [-0.1, -0.05) is 28.1 Å². The van der Waals surface area contributed by atoms with Gasteiger partial charge in [0.25, 0.3) is 12.4 Å². The van der Waals surface area contributed by atoms with Crippen LogP contribution in [0.1, 0.15) is 0 Å². The molecule has 1 aromatic heterocycles. The van der Waals surface area contributed by atoms with Crippen molar-refractivity contribution >= 4 is 22.4 Å². The Bertz CT molecular complexity index is 507. The maximum absolute atomic E-state index is 10.3. The lowest BCUT2D eigenvalue weighted by Crippen LogP contribution is -1.93. The number of halogens is 1. The Kier molecular flexibility index (Phi) is 3.00. The molecule has 0 unspecified atom stereocenters. The van der Waals surface area contributed by atoms with E-state index in [2.05, 4.69) is 26.1 Å². The van der Waals surface area contributed by atoms with Gasteiger partial charge in [-0.15, -0.1) is 10.2 Å². The molecular weight excluding hydrogens is 274 g/mol. The van der Waals surface area contributed by atoms with Gasteiger partial charge in [0.15, 0.2) is 5.69 Å². The van der Waals surface area contributed by atoms with Crippen LogP contribution in [0.4, 0.5) is 0 Å². The number of nitrogens with zero attached hydrogens (tertiary/aromatic N) is 3. The van der Waals surface area contributed by atoms with E-state index in [0.29, 0.717) is 12.2 Å². The quantitative estimate of drug-likeness (QED) is 0.805. The predicted octanol–water partition coefficient (Wildman–Crippen LogP) is 1.78. The fraction of sp³-hybridized carbons (Fsp3) is 0.100. The predicted molar refractivity (Wildman–Crippen MR) is 60.8 cm³/mol. The normalized spacial score (nSPS) is 10.1. The first kappa shape index (κ1) is 10.8. The van der Waals surface area contributed by atoms with Crippen LogP contribution in [0.15, 0.2) is 28.7 Å². The van der Waals surface area contributed by atoms with Gasteiger partial charge in [0.05, 0.1) is 0 Å². The highest BCUT2D eigenvalue weighted by molar-refractivity contribution is 9.10. The maximum atomic E-state index is 10.3. The van der Waals surface area contributed by atoms with Crippen LogP contribution in [0.2, 0.25) is 0 Å². The molecule has 0 amide bonds. The van der Waals surface area contributed by atoms with Crippen LogP contribution in [-0.2, 0) is 11.8 Å². The molecule has 0 spiro atoms. The summed E-state index contributed by atoms with van der Waals surface area (Å²) in [6.45, 7) is 0.340. The molecule has 0 saturated heterocycles. The van der Waals surface area contributed by atoms with Gasteiger partial charge in [-0.25, -0.2) is 0 Å². The summed E-state index contributed by atoms with van der Waals surface area (Å²) in [4.78, 5) is 11.7. The molecule has 0 saturated carbocycles. The van der Waals surface area contributed by atoms with Gasteiger partial charge in [0, 0.05) is 17.1 Å². The number of carbonyl (C=O) groups excluding carboxylic acids is 1. The zero-order valence-corrected chi connectivity index (χ0v) is 10.0. The molecule has 0 radical (unpaired) electrons. The highest BCUT2D eigenvalue weighted by Gasteiger charge is 2.12. The van der Waals surface area contributed by atoms with E-state index in [0.717, 1.165) is 10.0 Å². The average molecular weight is 282 g/mol. The lowest BCUT2D eigenvalue weighted by Gasteiger charge is -1.98. The Morgan fingerprint density at radius 2 is 2.00 bits per heavy atom. The number of aromatic nitrogens is 3. The Morgan fingerprint density at radius 1 is 1.31 bits per heavy atom. The molecule has 0 aliphatic carbocycles. The molecule has 0 bridgehead atoms. The summed E-state index contributed by atoms with van der Waals surface area (Å²) < 4.78 is 5.73. The van der Waals surface area contributed by atoms with E-state index in [-0.39, 0.29) is 5.88 Å². The van der Waals surface area contributed by atoms with Crippen LogP contribution < -0.4 is 4.74 Å². The summed E-state index contributed by atoms with van der Waals surface area (Å²) in [5, 5.41) is 8.08. The van der Waals surface area contributed by atoms with Gasteiger partial charge in [-0.05, 0) is 12.1 Å². The number of hydrogen-bond acceptors (Lipinski definition) is 4. The van der Waals surface area contributed by atoms with E-state index in [1.807, 2.05) is 24.3 Å². The minimum absolute atomic E-state index is 0.208. The molecule has 82 valence electrons. The van der Waals surface area contributed by atoms with E-state index in [1.54, 1.807) is 7.05 Å². The maximum Gasteiger partial charge on any atom is 0.299 e. The first-order valence-corrected chi connectivity index (χ1v) is 5.27. The molecule has 1 aromatic carbocycles. The summed E-state index contributed by atoms with van der Waals surface area (Å²) in [5.74, 6) is 0.208. The van der Waals surface area contributed by atoms with Crippen molar-refractivity contribution in [1.29, 1.82) is 0 Å². The van der Waals surface area contributed by atoms with Crippen LogP contribution in [0.5, 0.6) is 5.88 Å². The zero-order chi connectivity index (χ0) is 11.5. The molecule has 16 heavy (non-hydrogen) atoms. The van der Waals surface area contributed by atoms with Crippen LogP contribution >= 0.6 is 15.9 Å². The number of aryl methyl sites for hydroxylation is 1. The summed E-state index contributed by atoms with van der Waals surface area (Å²) in [6.07, 6.45) is 0. The van der Waals surface area contributed by atoms with E-state index >= 15 is 0 Å². The summed E-state index contributed by atoms with van der Waals surface area (Å²) >= 11 is 3.34. The highest BCUT2D eigenvalue weighted by Crippen LogP contribution is 2.26. The van der Waals surface area contributed by atoms with Crippen LogP contribution in [0.25, 0.3) is 11.3 Å². The van der Waals surface area contributed by atoms with Crippen molar-refractivity contribution in [2.24, 2.45) is 7.05 Å². The minimum atomic E-state index is 0.208. The molecule has 0 N–H and O–H groups in total. The SMILES string of the molecule is Cn1nc(OC=O)c(-c2ccc(Br)cc2)n1. The largest absolute Gasteiger partial charge is 0.406 e. The third-order valence-corrected chi connectivity index (χ3v) is 2.49. The molecule has 1 heterocycles. The summed E-state index contributed by atoms with van der Waals surface area (Å²) in [7, 11) is 1.67. The zero-order valence-electron chi connectivity index (χ0n) is 8.42. The second-order valence-corrected chi connectivity index (χ2v) is 3.98. The van der Waals surface area contributed by atoms with E-state index in [4.69, 9.17) is 4.74 Å². The first-order valence-electron chi connectivity index (χ1n) is 4.48. The summed E-state index contributed by atoms with van der Waals surface area (Å²) in [5.41, 5.74) is 1.38. The Hall–Kier alpha value is -1.69. The van der Waals surface area contributed by atoms with E-state index in [1.165, 1.54) is 4.80 Å². The number of carbonyl (C=O) groups is 1. The van der Waals surface area contributed by atoms with Crippen molar-refractivity contribution in [3.8, 4) is 17.1 Å². The van der Waals surface area contributed by atoms with E-state index < -0.39 is 0 Å². The Labute approximate surface area is 100 Å². The number of rotatable bonds is 3. The standard InChI is InChI=1S/C10H8BrN3O2/c1-14-12-9(10(13-14)16-6-15)7-2-4-8(11)5-3-7/h2-6H,1H3. The highest BCUT2D eigenvalue weighted by atomic mass is 79.9. The number of ether oxygens (including phenoxy) is 1. The van der Waals surface area contributed by atoms with Crippen LogP contribution in [0.3, 0.4) is 0 Å². The van der Waals surface area contributed by atoms with Crippen LogP contribution in [0, 0.1) is 0 Å². The minimum Gasteiger partial charge on any atom is -0.406 e. The van der Waals surface area contributed by atoms with Crippen molar-refractivity contribution in [1.82, 2.24) is 15.0 Å². The third-order valence-electron chi connectivity index (χ3n) is 1.96. The van der Waals surface area contributed by atoms with Crippen molar-refractivity contribution < 1.29 is 9.53 Å². The topological polar surface area (TPSA) is 57.0 Å². The monoisotopic (exact) mass is 281 g/mol. The van der Waals surface area contributed by atoms with Crippen molar-refractivity contribution in [3.05, 3.63) is 28.7 Å². The van der Waals surface area contributed by atoms with Crippen molar-refractivity contribution in [2.75, 3.05) is 0 Å². The van der Waals surface area contributed by atoms with Crippen molar-refractivity contribution in [2.45, 2.75) is 0 Å². The third kappa shape index (κ3) is 2.11. The molecule has 6 heteroatoms.